The van der Waals surface area contributed by atoms with Crippen molar-refractivity contribution >= 4 is 23.1 Å². The zero-order valence-corrected chi connectivity index (χ0v) is 28.3. The molecule has 0 atom stereocenters. The predicted molar refractivity (Wildman–Crippen MR) is 182 cm³/mol. The first-order chi connectivity index (χ1) is 20.8. The number of hydrogen-bond donors (Lipinski definition) is 1. The van der Waals surface area contributed by atoms with Gasteiger partial charge in [0.25, 0.3) is 0 Å². The van der Waals surface area contributed by atoms with E-state index in [1.165, 1.54) is 81.8 Å². The number of rotatable bonds is 19. The van der Waals surface area contributed by atoms with Crippen LogP contribution >= 0.6 is 11.3 Å². The van der Waals surface area contributed by atoms with E-state index in [1.807, 2.05) is 12.1 Å². The van der Waals surface area contributed by atoms with Crippen LogP contribution in [0.4, 0.5) is 10.5 Å². The maximum Gasteiger partial charge on any atom is 0.321 e. The summed E-state index contributed by atoms with van der Waals surface area (Å²) in [6.07, 6.45) is 18.1. The number of nitrogens with zero attached hydrogens (tertiary/aromatic N) is 2. The van der Waals surface area contributed by atoms with E-state index in [2.05, 4.69) is 85.0 Å². The Bertz CT molecular complexity index is 1190. The molecule has 0 spiro atoms. The molecule has 6 heteroatoms. The van der Waals surface area contributed by atoms with Gasteiger partial charge >= 0.3 is 6.03 Å². The molecule has 43 heavy (non-hydrogen) atoms. The van der Waals surface area contributed by atoms with Crippen molar-refractivity contribution in [3.8, 4) is 5.75 Å². The van der Waals surface area contributed by atoms with Crippen LogP contribution in [0, 0.1) is 0 Å². The summed E-state index contributed by atoms with van der Waals surface area (Å²) in [5.74, 6) is 0.938. The molecular formula is C37H56N3O2S+. The highest BCUT2D eigenvalue weighted by molar-refractivity contribution is 7.07. The molecular weight excluding hydrogens is 550 g/mol. The van der Waals surface area contributed by atoms with E-state index in [4.69, 9.17) is 4.74 Å². The molecule has 2 aromatic carbocycles. The Kier molecular flexibility index (Phi) is 15.1. The van der Waals surface area contributed by atoms with E-state index in [0.717, 1.165) is 36.6 Å². The fourth-order valence-corrected chi connectivity index (χ4v) is 6.07. The second-order valence-electron chi connectivity index (χ2n) is 12.8. The standard InChI is InChI=1S/C37H55N3O2S/c1-6-7-8-9-10-11-12-13-14-15-16-17-25-42-35-27-32(20-23-34(35)37(2,3)4)29-40(36(41)38-5)33-21-18-31(19-22-33)28-39-24-26-43-30-39/h18-24,26-27,30H,6-17,25,28-29H2,1-5H3/p+1. The van der Waals surface area contributed by atoms with Crippen molar-refractivity contribution in [2.45, 2.75) is 123 Å². The Labute approximate surface area is 265 Å². The van der Waals surface area contributed by atoms with Crippen molar-refractivity contribution in [3.63, 3.8) is 0 Å². The molecule has 0 unspecified atom stereocenters. The zero-order valence-electron chi connectivity index (χ0n) is 27.5. The third-order valence-electron chi connectivity index (χ3n) is 8.05. The monoisotopic (exact) mass is 606 g/mol. The Morgan fingerprint density at radius 2 is 1.47 bits per heavy atom. The van der Waals surface area contributed by atoms with Crippen molar-refractivity contribution in [2.24, 2.45) is 0 Å². The molecule has 0 saturated heterocycles. The Balaban J connectivity index is 1.54. The van der Waals surface area contributed by atoms with Crippen LogP contribution in [0.2, 0.25) is 0 Å². The third-order valence-corrected chi connectivity index (χ3v) is 8.72. The summed E-state index contributed by atoms with van der Waals surface area (Å²) in [6.45, 7) is 11.0. The highest BCUT2D eigenvalue weighted by Gasteiger charge is 2.21. The van der Waals surface area contributed by atoms with Gasteiger partial charge in [0, 0.05) is 18.3 Å². The molecule has 3 aromatic rings. The van der Waals surface area contributed by atoms with E-state index in [0.29, 0.717) is 6.54 Å². The lowest BCUT2D eigenvalue weighted by atomic mass is 9.85. The predicted octanol–water partition coefficient (Wildman–Crippen LogP) is 9.81. The van der Waals surface area contributed by atoms with Gasteiger partial charge in [0.1, 0.15) is 5.75 Å². The van der Waals surface area contributed by atoms with Gasteiger partial charge < -0.3 is 10.1 Å². The minimum Gasteiger partial charge on any atom is -0.493 e. The summed E-state index contributed by atoms with van der Waals surface area (Å²) in [6, 6.07) is 14.6. The van der Waals surface area contributed by atoms with E-state index >= 15 is 0 Å². The van der Waals surface area contributed by atoms with Gasteiger partial charge in [-0.3, -0.25) is 4.90 Å². The number of nitrogens with one attached hydrogen (secondary N) is 1. The first-order valence-corrected chi connectivity index (χ1v) is 17.5. The Morgan fingerprint density at radius 1 is 0.860 bits per heavy atom. The summed E-state index contributed by atoms with van der Waals surface area (Å²) in [5.41, 5.74) is 6.41. The number of amides is 2. The van der Waals surface area contributed by atoms with Crippen molar-refractivity contribution in [1.29, 1.82) is 0 Å². The first kappa shape index (κ1) is 34.6. The largest absolute Gasteiger partial charge is 0.493 e. The maximum absolute atomic E-state index is 13.0. The highest BCUT2D eigenvalue weighted by atomic mass is 32.1. The summed E-state index contributed by atoms with van der Waals surface area (Å²) in [7, 11) is 1.68. The van der Waals surface area contributed by atoms with Gasteiger partial charge in [-0.1, -0.05) is 134 Å². The molecule has 0 saturated carbocycles. The van der Waals surface area contributed by atoms with Crippen molar-refractivity contribution in [2.75, 3.05) is 18.6 Å². The number of ether oxygens (including phenoxy) is 1. The van der Waals surface area contributed by atoms with Gasteiger partial charge in [0.15, 0.2) is 12.7 Å². The second-order valence-corrected chi connectivity index (χ2v) is 13.6. The molecule has 5 nitrogen and oxygen atoms in total. The minimum atomic E-state index is -0.126. The molecule has 0 aliphatic heterocycles. The molecule has 1 heterocycles. The van der Waals surface area contributed by atoms with Crippen LogP contribution < -0.4 is 19.5 Å². The lowest BCUT2D eigenvalue weighted by Gasteiger charge is -2.26. The molecule has 3 rings (SSSR count). The van der Waals surface area contributed by atoms with E-state index < -0.39 is 0 Å². The molecule has 1 aromatic heterocycles. The topological polar surface area (TPSA) is 45.5 Å². The third kappa shape index (κ3) is 12.3. The number of benzene rings is 2. The van der Waals surface area contributed by atoms with Gasteiger partial charge in [0.05, 0.1) is 18.5 Å². The minimum absolute atomic E-state index is 0.0266. The first-order valence-electron chi connectivity index (χ1n) is 16.6. The number of aromatic nitrogens is 1. The van der Waals surface area contributed by atoms with E-state index in [9.17, 15) is 4.79 Å². The lowest BCUT2D eigenvalue weighted by molar-refractivity contribution is -0.683. The average Bonchev–Trinajstić information content (AvgIpc) is 3.51. The van der Waals surface area contributed by atoms with Crippen molar-refractivity contribution in [1.82, 2.24) is 5.32 Å². The maximum atomic E-state index is 13.0. The summed E-state index contributed by atoms with van der Waals surface area (Å²) >= 11 is 1.68. The number of anilines is 1. The van der Waals surface area contributed by atoms with Gasteiger partial charge in [-0.2, -0.15) is 4.57 Å². The number of unbranched alkanes of at least 4 members (excludes halogenated alkanes) is 11. The van der Waals surface area contributed by atoms with Gasteiger partial charge in [0.2, 0.25) is 5.51 Å². The molecule has 236 valence electrons. The number of carbonyl (C=O) groups excluding carboxylic acids is 1. The molecule has 0 fully saturated rings. The van der Waals surface area contributed by atoms with Crippen LogP contribution in [0.15, 0.2) is 59.6 Å². The molecule has 0 radical (unpaired) electrons. The normalized spacial score (nSPS) is 11.5. The molecule has 0 aliphatic rings. The molecule has 1 N–H and O–H groups in total. The van der Waals surface area contributed by atoms with Crippen LogP contribution in [0.25, 0.3) is 0 Å². The SMILES string of the molecule is CCCCCCCCCCCCCCOc1cc(CN(C(=O)NC)c2ccc(C[n+]3ccsc3)cc2)ccc1C(C)(C)C. The van der Waals surface area contributed by atoms with Crippen LogP contribution in [0.1, 0.15) is 121 Å². The molecule has 0 bridgehead atoms. The smallest absolute Gasteiger partial charge is 0.321 e. The van der Waals surface area contributed by atoms with E-state index in [1.54, 1.807) is 23.3 Å². The number of thiazole rings is 1. The van der Waals surface area contributed by atoms with Crippen LogP contribution in [0.3, 0.4) is 0 Å². The summed E-state index contributed by atoms with van der Waals surface area (Å²) < 4.78 is 8.57. The number of urea groups is 1. The van der Waals surface area contributed by atoms with Gasteiger partial charge in [-0.05, 0) is 41.2 Å². The number of hydrogen-bond acceptors (Lipinski definition) is 3. The van der Waals surface area contributed by atoms with Gasteiger partial charge in [-0.15, -0.1) is 0 Å². The number of carbonyl (C=O) groups is 1. The zero-order chi connectivity index (χ0) is 30.9. The average molecular weight is 607 g/mol. The van der Waals surface area contributed by atoms with Crippen LogP contribution in [-0.4, -0.2) is 19.7 Å². The van der Waals surface area contributed by atoms with Crippen molar-refractivity contribution in [3.05, 3.63) is 76.2 Å². The fraction of sp³-hybridized carbons (Fsp3) is 0.568. The second kappa shape index (κ2) is 18.7. The van der Waals surface area contributed by atoms with Crippen molar-refractivity contribution < 1.29 is 14.1 Å². The fourth-order valence-electron chi connectivity index (χ4n) is 5.47. The summed E-state index contributed by atoms with van der Waals surface area (Å²) in [4.78, 5) is 14.8. The van der Waals surface area contributed by atoms with Crippen LogP contribution in [-0.2, 0) is 18.5 Å². The summed E-state index contributed by atoms with van der Waals surface area (Å²) in [5, 5.41) is 4.89. The molecule has 0 aliphatic carbocycles. The quantitative estimate of drug-likeness (QED) is 0.109. The van der Waals surface area contributed by atoms with Crippen LogP contribution in [0.5, 0.6) is 5.75 Å². The Hall–Kier alpha value is -2.86. The molecule has 2 amide bonds. The van der Waals surface area contributed by atoms with E-state index in [-0.39, 0.29) is 11.4 Å². The lowest BCUT2D eigenvalue weighted by Crippen LogP contribution is -2.37. The van der Waals surface area contributed by atoms with Gasteiger partial charge in [-0.25, -0.2) is 4.79 Å². The Morgan fingerprint density at radius 3 is 2.02 bits per heavy atom. The highest BCUT2D eigenvalue weighted by Crippen LogP contribution is 2.33.